The Kier molecular flexibility index (Phi) is 4.92. The zero-order valence-corrected chi connectivity index (χ0v) is 18.0. The largest absolute Gasteiger partial charge is 0.325 e. The first-order chi connectivity index (χ1) is 13.7. The summed E-state index contributed by atoms with van der Waals surface area (Å²) in [5, 5.41) is 4.12. The Morgan fingerprint density at radius 2 is 1.76 bits per heavy atom. The smallest absolute Gasteiger partial charge is 0.239 e. The number of fused-ring (bicyclic) bond motifs is 2. The third-order valence-corrected chi connectivity index (χ3v) is 6.54. The molecule has 29 heavy (non-hydrogen) atoms. The van der Waals surface area contributed by atoms with Crippen LogP contribution in [0.15, 0.2) is 65.3 Å². The van der Waals surface area contributed by atoms with Gasteiger partial charge < -0.3 is 5.32 Å². The normalized spacial score (nSPS) is 22.9. The van der Waals surface area contributed by atoms with E-state index in [1.54, 1.807) is 18.2 Å². The van der Waals surface area contributed by atoms with Gasteiger partial charge in [-0.05, 0) is 61.7 Å². The fourth-order valence-electron chi connectivity index (χ4n) is 4.37. The minimum Gasteiger partial charge on any atom is -0.325 e. The quantitative estimate of drug-likeness (QED) is 0.620. The highest BCUT2D eigenvalue weighted by Crippen LogP contribution is 2.54. The van der Waals surface area contributed by atoms with Gasteiger partial charge in [-0.1, -0.05) is 53.1 Å². The van der Waals surface area contributed by atoms with Crippen LogP contribution in [-0.2, 0) is 15.0 Å². The molecule has 1 N–H and O–H groups in total. The van der Waals surface area contributed by atoms with Gasteiger partial charge in [-0.15, -0.1) is 0 Å². The van der Waals surface area contributed by atoms with Gasteiger partial charge >= 0.3 is 0 Å². The lowest BCUT2D eigenvalue weighted by molar-refractivity contribution is -0.121. The van der Waals surface area contributed by atoms with Crippen molar-refractivity contribution in [2.75, 3.05) is 5.32 Å². The first kappa shape index (κ1) is 19.9. The van der Waals surface area contributed by atoms with Crippen molar-refractivity contribution in [2.45, 2.75) is 38.5 Å². The fraction of sp³-hybridized carbons (Fsp3) is 0.250. The molecule has 0 radical (unpaired) electrons. The van der Waals surface area contributed by atoms with Crippen LogP contribution in [0.4, 0.5) is 5.69 Å². The van der Waals surface area contributed by atoms with E-state index in [2.05, 4.69) is 5.32 Å². The summed E-state index contributed by atoms with van der Waals surface area (Å²) in [6.07, 6.45) is 2.09. The third-order valence-electron chi connectivity index (χ3n) is 6.07. The second-order valence-electron chi connectivity index (χ2n) is 7.93. The van der Waals surface area contributed by atoms with E-state index in [1.807, 2.05) is 51.1 Å². The fourth-order valence-corrected chi connectivity index (χ4v) is 4.74. The number of halogens is 2. The molecular weight excluding hydrogens is 405 g/mol. The standard InChI is InChI=1S/C24H21Cl2NO2/c1-13(2)14(3)18-12-24(19-8-7-17(26)10-21(19)27-23(24)29)20(11-22(18)28)15-5-4-6-16(25)9-15/h4-10,12,20H,11H2,1-3H3,(H,27,29)/t20-,24-/m0/s1. The number of ketones is 1. The SMILES string of the molecule is CC(C)=C(C)C1=C[C@@]2(C(=O)Nc3cc(Cl)ccc32)[C@H](c2cccc(Cl)c2)CC1=O. The Bertz CT molecular complexity index is 1110. The Hall–Kier alpha value is -2.36. The molecule has 1 aliphatic carbocycles. The molecule has 0 unspecified atom stereocenters. The summed E-state index contributed by atoms with van der Waals surface area (Å²) in [7, 11) is 0. The van der Waals surface area contributed by atoms with E-state index in [4.69, 9.17) is 23.2 Å². The van der Waals surface area contributed by atoms with Gasteiger partial charge in [0.25, 0.3) is 0 Å². The summed E-state index contributed by atoms with van der Waals surface area (Å²) < 4.78 is 0. The number of nitrogens with one attached hydrogen (secondary N) is 1. The second-order valence-corrected chi connectivity index (χ2v) is 8.80. The van der Waals surface area contributed by atoms with Gasteiger partial charge in [0, 0.05) is 33.6 Å². The second kappa shape index (κ2) is 7.16. The summed E-state index contributed by atoms with van der Waals surface area (Å²) in [5.74, 6) is -0.467. The summed E-state index contributed by atoms with van der Waals surface area (Å²) in [6, 6.07) is 12.8. The van der Waals surface area contributed by atoms with Crippen LogP contribution in [0.2, 0.25) is 10.0 Å². The predicted molar refractivity (Wildman–Crippen MR) is 118 cm³/mol. The van der Waals surface area contributed by atoms with Crippen LogP contribution in [0.1, 0.15) is 44.2 Å². The molecule has 2 aromatic rings. The molecular formula is C24H21Cl2NO2. The molecule has 0 saturated carbocycles. The van der Waals surface area contributed by atoms with Crippen LogP contribution < -0.4 is 5.32 Å². The Balaban J connectivity index is 2.03. The van der Waals surface area contributed by atoms with Crippen LogP contribution in [0, 0.1) is 0 Å². The first-order valence-electron chi connectivity index (χ1n) is 9.51. The van der Waals surface area contributed by atoms with Crippen molar-refractivity contribution in [3.05, 3.63) is 86.4 Å². The maximum atomic E-state index is 13.5. The molecule has 1 spiro atoms. The number of carbonyl (C=O) groups excluding carboxylic acids is 2. The van der Waals surface area contributed by atoms with Gasteiger partial charge in [-0.25, -0.2) is 0 Å². The minimum absolute atomic E-state index is 0.0366. The highest BCUT2D eigenvalue weighted by atomic mass is 35.5. The minimum atomic E-state index is -0.995. The van der Waals surface area contributed by atoms with Gasteiger partial charge in [-0.3, -0.25) is 9.59 Å². The van der Waals surface area contributed by atoms with E-state index in [1.165, 1.54) is 0 Å². The lowest BCUT2D eigenvalue weighted by Crippen LogP contribution is -2.43. The van der Waals surface area contributed by atoms with Gasteiger partial charge in [0.2, 0.25) is 5.91 Å². The molecule has 0 bridgehead atoms. The van der Waals surface area contributed by atoms with E-state index in [0.29, 0.717) is 21.3 Å². The van der Waals surface area contributed by atoms with Gasteiger partial charge in [0.1, 0.15) is 5.41 Å². The molecule has 1 heterocycles. The number of benzene rings is 2. The van der Waals surface area contributed by atoms with Crippen molar-refractivity contribution in [1.82, 2.24) is 0 Å². The van der Waals surface area contributed by atoms with Crippen LogP contribution in [0.5, 0.6) is 0 Å². The third kappa shape index (κ3) is 3.13. The highest BCUT2D eigenvalue weighted by Gasteiger charge is 2.54. The molecule has 1 aliphatic heterocycles. The van der Waals surface area contributed by atoms with Crippen LogP contribution in [-0.4, -0.2) is 11.7 Å². The van der Waals surface area contributed by atoms with Crippen molar-refractivity contribution < 1.29 is 9.59 Å². The number of anilines is 1. The van der Waals surface area contributed by atoms with E-state index in [-0.39, 0.29) is 24.0 Å². The molecule has 4 rings (SSSR count). The molecule has 0 aromatic heterocycles. The van der Waals surface area contributed by atoms with Crippen LogP contribution >= 0.6 is 23.2 Å². The van der Waals surface area contributed by atoms with Gasteiger partial charge in [0.15, 0.2) is 5.78 Å². The van der Waals surface area contributed by atoms with Crippen molar-refractivity contribution in [3.8, 4) is 0 Å². The lowest BCUT2D eigenvalue weighted by Gasteiger charge is -2.38. The zero-order chi connectivity index (χ0) is 20.9. The maximum Gasteiger partial charge on any atom is 0.239 e. The van der Waals surface area contributed by atoms with E-state index in [9.17, 15) is 9.59 Å². The summed E-state index contributed by atoms with van der Waals surface area (Å²) in [4.78, 5) is 26.6. The van der Waals surface area contributed by atoms with Gasteiger partial charge in [0.05, 0.1) is 0 Å². The number of allylic oxidation sites excluding steroid dienone is 3. The number of Topliss-reactive ketones (excluding diaryl/α,β-unsaturated/α-hetero) is 1. The average Bonchev–Trinajstić information content (AvgIpc) is 2.93. The van der Waals surface area contributed by atoms with Crippen molar-refractivity contribution in [2.24, 2.45) is 0 Å². The van der Waals surface area contributed by atoms with Crippen molar-refractivity contribution in [1.29, 1.82) is 0 Å². The average molecular weight is 426 g/mol. The molecule has 1 amide bonds. The summed E-state index contributed by atoms with van der Waals surface area (Å²) in [5.41, 5.74) is 3.97. The number of hydrogen-bond donors (Lipinski definition) is 1. The Labute approximate surface area is 180 Å². The van der Waals surface area contributed by atoms with Crippen molar-refractivity contribution in [3.63, 3.8) is 0 Å². The lowest BCUT2D eigenvalue weighted by atomic mass is 9.61. The molecule has 2 atom stereocenters. The maximum absolute atomic E-state index is 13.5. The van der Waals surface area contributed by atoms with Crippen LogP contribution in [0.25, 0.3) is 0 Å². The van der Waals surface area contributed by atoms with E-state index >= 15 is 0 Å². The number of rotatable bonds is 2. The topological polar surface area (TPSA) is 46.2 Å². The first-order valence-corrected chi connectivity index (χ1v) is 10.3. The summed E-state index contributed by atoms with van der Waals surface area (Å²) in [6.45, 7) is 5.88. The van der Waals surface area contributed by atoms with Crippen LogP contribution in [0.3, 0.4) is 0 Å². The molecule has 5 heteroatoms. The number of amides is 1. The molecule has 0 saturated heterocycles. The zero-order valence-electron chi connectivity index (χ0n) is 16.5. The molecule has 2 aliphatic rings. The molecule has 2 aromatic carbocycles. The Morgan fingerprint density at radius 3 is 2.45 bits per heavy atom. The Morgan fingerprint density at radius 1 is 1.03 bits per heavy atom. The monoisotopic (exact) mass is 425 g/mol. The van der Waals surface area contributed by atoms with Crippen molar-refractivity contribution >= 4 is 40.6 Å². The summed E-state index contributed by atoms with van der Waals surface area (Å²) >= 11 is 12.4. The number of hydrogen-bond acceptors (Lipinski definition) is 2. The molecule has 3 nitrogen and oxygen atoms in total. The number of carbonyl (C=O) groups is 2. The molecule has 0 fully saturated rings. The highest BCUT2D eigenvalue weighted by molar-refractivity contribution is 6.31. The predicted octanol–water partition coefficient (Wildman–Crippen LogP) is 6.22. The van der Waals surface area contributed by atoms with E-state index in [0.717, 1.165) is 22.3 Å². The van der Waals surface area contributed by atoms with E-state index < -0.39 is 5.41 Å². The van der Waals surface area contributed by atoms with Gasteiger partial charge in [-0.2, -0.15) is 0 Å². The molecule has 148 valence electrons.